The zero-order valence-corrected chi connectivity index (χ0v) is 24.9. The van der Waals surface area contributed by atoms with Gasteiger partial charge in [0.15, 0.2) is 0 Å². The third kappa shape index (κ3) is 5.89. The minimum absolute atomic E-state index is 0. The van der Waals surface area contributed by atoms with Crippen LogP contribution >= 0.6 is 0 Å². The minimum atomic E-state index is 0. The van der Waals surface area contributed by atoms with Crippen LogP contribution in [0.2, 0.25) is 0 Å². The molecule has 0 heterocycles. The molecule has 0 unspecified atom stereocenters. The van der Waals surface area contributed by atoms with Crippen LogP contribution in [0.15, 0.2) is 24.3 Å². The molecule has 0 N–H and O–H groups in total. The van der Waals surface area contributed by atoms with Gasteiger partial charge >= 0.3 is 0 Å². The van der Waals surface area contributed by atoms with Crippen molar-refractivity contribution >= 4 is 10.8 Å². The number of unbranched alkanes of at least 4 members (excludes halogenated alkanes) is 3. The van der Waals surface area contributed by atoms with Crippen LogP contribution in [0.4, 0.5) is 0 Å². The second kappa shape index (κ2) is 10.8. The van der Waals surface area contributed by atoms with E-state index in [4.69, 9.17) is 0 Å². The van der Waals surface area contributed by atoms with Gasteiger partial charge in [-0.2, -0.15) is 33.9 Å². The molecule has 4 rings (SSSR count). The van der Waals surface area contributed by atoms with Crippen molar-refractivity contribution in [2.75, 3.05) is 0 Å². The van der Waals surface area contributed by atoms with Gasteiger partial charge in [0.1, 0.15) is 0 Å². The predicted octanol–water partition coefficient (Wildman–Crippen LogP) is 8.75. The standard InChI is InChI=1S/C20H27.C10H15.Hf/c1-4-5-6-7-8-15-9-10-16-11-17-13-20(2,3)14-18(17)12-19(15)16;1-6-7(2)9(4)10(5)8(6)3;/h9-12H,4-8,13-14H2,1-3H3;1-5H3;/q2*-1;. The van der Waals surface area contributed by atoms with Crippen molar-refractivity contribution in [1.82, 2.24) is 0 Å². The summed E-state index contributed by atoms with van der Waals surface area (Å²) in [6.07, 6.45) is 9.17. The van der Waals surface area contributed by atoms with Crippen molar-refractivity contribution in [2.24, 2.45) is 5.41 Å². The first kappa shape index (κ1) is 26.3. The van der Waals surface area contributed by atoms with Crippen LogP contribution in [-0.4, -0.2) is 0 Å². The van der Waals surface area contributed by atoms with E-state index in [1.807, 2.05) is 0 Å². The molecule has 0 bridgehead atoms. The Morgan fingerprint density at radius 1 is 0.871 bits per heavy atom. The Bertz CT molecular complexity index is 929. The monoisotopic (exact) mass is 582 g/mol. The zero-order chi connectivity index (χ0) is 22.1. The van der Waals surface area contributed by atoms with Crippen molar-refractivity contribution in [3.05, 3.63) is 68.8 Å². The molecule has 168 valence electrons. The minimum Gasteiger partial charge on any atom is -0.196 e. The summed E-state index contributed by atoms with van der Waals surface area (Å²) in [4.78, 5) is 0. The fourth-order valence-corrected chi connectivity index (χ4v) is 5.19. The molecule has 0 saturated heterocycles. The number of fused-ring (bicyclic) bond motifs is 2. The van der Waals surface area contributed by atoms with Crippen molar-refractivity contribution < 1.29 is 25.8 Å². The molecule has 0 fully saturated rings. The molecule has 31 heavy (non-hydrogen) atoms. The van der Waals surface area contributed by atoms with Crippen molar-refractivity contribution in [3.63, 3.8) is 0 Å². The van der Waals surface area contributed by atoms with Gasteiger partial charge in [-0.05, 0) is 18.3 Å². The molecule has 1 aliphatic carbocycles. The molecule has 0 aliphatic heterocycles. The summed E-state index contributed by atoms with van der Waals surface area (Å²) < 4.78 is 0. The number of aryl methyl sites for hydroxylation is 1. The van der Waals surface area contributed by atoms with E-state index in [9.17, 15) is 0 Å². The van der Waals surface area contributed by atoms with E-state index in [-0.39, 0.29) is 25.8 Å². The predicted molar refractivity (Wildman–Crippen MR) is 134 cm³/mol. The van der Waals surface area contributed by atoms with E-state index < -0.39 is 0 Å². The van der Waals surface area contributed by atoms with Gasteiger partial charge in [-0.1, -0.05) is 98.6 Å². The molecule has 1 heteroatoms. The van der Waals surface area contributed by atoms with Gasteiger partial charge in [0.2, 0.25) is 0 Å². The zero-order valence-electron chi connectivity index (χ0n) is 21.3. The third-order valence-corrected chi connectivity index (χ3v) is 7.63. The third-order valence-electron chi connectivity index (χ3n) is 7.63. The Labute approximate surface area is 210 Å². The summed E-state index contributed by atoms with van der Waals surface area (Å²) in [5, 5.41) is 2.99. The molecule has 0 amide bonds. The Hall–Kier alpha value is -0.950. The van der Waals surface area contributed by atoms with Crippen LogP contribution in [-0.2, 0) is 45.1 Å². The first-order valence-electron chi connectivity index (χ1n) is 12.0. The quantitative estimate of drug-likeness (QED) is 0.161. The molecule has 0 spiro atoms. The molecule has 3 aromatic carbocycles. The van der Waals surface area contributed by atoms with Crippen LogP contribution in [0.25, 0.3) is 10.8 Å². The Kier molecular flexibility index (Phi) is 9.15. The fourth-order valence-electron chi connectivity index (χ4n) is 5.19. The number of benzene rings is 1. The first-order valence-corrected chi connectivity index (χ1v) is 12.0. The van der Waals surface area contributed by atoms with Crippen molar-refractivity contribution in [1.29, 1.82) is 0 Å². The van der Waals surface area contributed by atoms with Gasteiger partial charge in [0, 0.05) is 25.8 Å². The molecule has 0 saturated carbocycles. The number of hydrogen-bond donors (Lipinski definition) is 0. The number of hydrogen-bond acceptors (Lipinski definition) is 0. The van der Waals surface area contributed by atoms with Crippen LogP contribution in [0.5, 0.6) is 0 Å². The molecule has 3 aromatic rings. The van der Waals surface area contributed by atoms with E-state index in [0.717, 1.165) is 0 Å². The summed E-state index contributed by atoms with van der Waals surface area (Å²) in [7, 11) is 0. The SMILES string of the molecule is CCCCCC[c-]1ccc2cc3c(cc21)CC(C)(C)C3.Cc1c(C)c(C)[c-](C)c1C.[Hf]. The summed E-state index contributed by atoms with van der Waals surface area (Å²) in [6.45, 7) is 18.1. The van der Waals surface area contributed by atoms with Crippen LogP contribution in [0.3, 0.4) is 0 Å². The second-order valence-electron chi connectivity index (χ2n) is 10.5. The molecule has 1 aliphatic rings. The van der Waals surface area contributed by atoms with Crippen molar-refractivity contribution in [2.45, 2.75) is 100 Å². The summed E-state index contributed by atoms with van der Waals surface area (Å²) in [5.41, 5.74) is 12.6. The van der Waals surface area contributed by atoms with E-state index >= 15 is 0 Å². The first-order chi connectivity index (χ1) is 14.1. The molecule has 0 atom stereocenters. The largest absolute Gasteiger partial charge is 0.196 e. The van der Waals surface area contributed by atoms with Gasteiger partial charge < -0.3 is 0 Å². The average molecular weight is 581 g/mol. The fraction of sp³-hybridized carbons (Fsp3) is 0.533. The Morgan fingerprint density at radius 2 is 1.45 bits per heavy atom. The van der Waals surface area contributed by atoms with Gasteiger partial charge in [0.25, 0.3) is 0 Å². The number of rotatable bonds is 5. The van der Waals surface area contributed by atoms with Gasteiger partial charge in [-0.25, -0.2) is 0 Å². The Balaban J connectivity index is 0.000000264. The van der Waals surface area contributed by atoms with E-state index in [0.29, 0.717) is 5.41 Å². The van der Waals surface area contributed by atoms with Crippen LogP contribution in [0.1, 0.15) is 91.0 Å². The van der Waals surface area contributed by atoms with E-state index in [1.165, 1.54) is 83.5 Å². The van der Waals surface area contributed by atoms with Gasteiger partial charge in [-0.3, -0.25) is 0 Å². The smallest absolute Gasteiger partial charge is 0 e. The summed E-state index contributed by atoms with van der Waals surface area (Å²) >= 11 is 0. The normalized spacial score (nSPS) is 14.2. The van der Waals surface area contributed by atoms with E-state index in [2.05, 4.69) is 79.7 Å². The summed E-state index contributed by atoms with van der Waals surface area (Å²) in [5.74, 6) is 0. The molecule has 0 radical (unpaired) electrons. The second-order valence-corrected chi connectivity index (χ2v) is 10.5. The average Bonchev–Trinajstić information content (AvgIpc) is 3.28. The molecule has 0 aromatic heterocycles. The van der Waals surface area contributed by atoms with Crippen molar-refractivity contribution in [3.8, 4) is 0 Å². The maximum atomic E-state index is 2.49. The molecule has 0 nitrogen and oxygen atoms in total. The molecular formula is C30H42Hf-2. The van der Waals surface area contributed by atoms with Crippen LogP contribution < -0.4 is 0 Å². The maximum Gasteiger partial charge on any atom is 0 e. The maximum absolute atomic E-state index is 2.49. The van der Waals surface area contributed by atoms with E-state index in [1.54, 1.807) is 16.7 Å². The van der Waals surface area contributed by atoms with Gasteiger partial charge in [0.05, 0.1) is 0 Å². The Morgan fingerprint density at radius 3 is 1.97 bits per heavy atom. The topological polar surface area (TPSA) is 0 Å². The van der Waals surface area contributed by atoms with Crippen LogP contribution in [0, 0.1) is 40.0 Å². The summed E-state index contributed by atoms with van der Waals surface area (Å²) in [6, 6.07) is 9.64. The van der Waals surface area contributed by atoms with Gasteiger partial charge in [-0.15, -0.1) is 34.5 Å². The molecular weight excluding hydrogens is 539 g/mol.